The van der Waals surface area contributed by atoms with Gasteiger partial charge in [-0.2, -0.15) is 0 Å². The summed E-state index contributed by atoms with van der Waals surface area (Å²) in [6, 6.07) is 14.4. The molecule has 0 aliphatic heterocycles. The number of halogens is 2. The van der Waals surface area contributed by atoms with E-state index in [1.807, 2.05) is 18.2 Å². The van der Waals surface area contributed by atoms with Crippen LogP contribution in [0.1, 0.15) is 82.6 Å². The zero-order valence-electron chi connectivity index (χ0n) is 20.0. The number of benzene rings is 3. The first kappa shape index (κ1) is 23.7. The molecule has 0 spiro atoms. The number of ether oxygens (including phenoxy) is 1. The molecule has 3 aromatic carbocycles. The van der Waals surface area contributed by atoms with Crippen molar-refractivity contribution in [1.82, 2.24) is 0 Å². The molecular formula is C30H36F2O. The van der Waals surface area contributed by atoms with Gasteiger partial charge in [-0.15, -0.1) is 0 Å². The minimum Gasteiger partial charge on any atom is -0.494 e. The molecule has 4 rings (SSSR count). The molecule has 0 radical (unpaired) electrons. The molecule has 3 heteroatoms. The Morgan fingerprint density at radius 1 is 0.848 bits per heavy atom. The third-order valence-electron chi connectivity index (χ3n) is 7.49. The Labute approximate surface area is 197 Å². The van der Waals surface area contributed by atoms with Crippen molar-refractivity contribution in [3.05, 3.63) is 65.7 Å². The van der Waals surface area contributed by atoms with E-state index in [0.29, 0.717) is 22.4 Å². The minimum atomic E-state index is -0.481. The highest BCUT2D eigenvalue weighted by molar-refractivity contribution is 5.91. The monoisotopic (exact) mass is 450 g/mol. The number of hydrogen-bond acceptors (Lipinski definition) is 1. The maximum Gasteiger partial charge on any atom is 0.165 e. The molecule has 1 nitrogen and oxygen atoms in total. The molecule has 1 aliphatic carbocycles. The van der Waals surface area contributed by atoms with E-state index in [9.17, 15) is 4.39 Å². The molecule has 0 N–H and O–H groups in total. The van der Waals surface area contributed by atoms with Crippen LogP contribution in [0.3, 0.4) is 0 Å². The smallest absolute Gasteiger partial charge is 0.165 e. The lowest BCUT2D eigenvalue weighted by Crippen LogP contribution is -2.13. The number of methoxy groups -OCH3 is 1. The van der Waals surface area contributed by atoms with Crippen LogP contribution in [0.15, 0.2) is 48.5 Å². The summed E-state index contributed by atoms with van der Waals surface area (Å²) in [6.07, 6.45) is 13.1. The van der Waals surface area contributed by atoms with Gasteiger partial charge in [0.15, 0.2) is 11.6 Å². The highest BCUT2D eigenvalue weighted by Gasteiger charge is 2.24. The Bertz CT molecular complexity index is 1070. The van der Waals surface area contributed by atoms with Gasteiger partial charge in [-0.3, -0.25) is 0 Å². The van der Waals surface area contributed by atoms with Gasteiger partial charge >= 0.3 is 0 Å². The first-order valence-corrected chi connectivity index (χ1v) is 12.7. The number of unbranched alkanes of at least 4 members (excludes halogenated alkanes) is 4. The van der Waals surface area contributed by atoms with Gasteiger partial charge in [0, 0.05) is 10.9 Å². The van der Waals surface area contributed by atoms with Crippen LogP contribution in [0.2, 0.25) is 0 Å². The van der Waals surface area contributed by atoms with Crippen molar-refractivity contribution in [1.29, 1.82) is 0 Å². The summed E-state index contributed by atoms with van der Waals surface area (Å²) < 4.78 is 34.8. The van der Waals surface area contributed by atoms with Crippen LogP contribution in [-0.2, 0) is 0 Å². The molecule has 176 valence electrons. The zero-order valence-corrected chi connectivity index (χ0v) is 20.0. The Morgan fingerprint density at radius 3 is 2.36 bits per heavy atom. The summed E-state index contributed by atoms with van der Waals surface area (Å²) in [6.45, 7) is 2.26. The van der Waals surface area contributed by atoms with Crippen LogP contribution < -0.4 is 4.74 Å². The molecule has 1 saturated carbocycles. The fraction of sp³-hybridized carbons (Fsp3) is 0.467. The molecule has 0 atom stereocenters. The average Bonchev–Trinajstić information content (AvgIpc) is 2.84. The molecule has 1 aliphatic rings. The van der Waals surface area contributed by atoms with E-state index in [4.69, 9.17) is 4.74 Å². The Morgan fingerprint density at radius 2 is 1.64 bits per heavy atom. The van der Waals surface area contributed by atoms with Crippen molar-refractivity contribution in [3.63, 3.8) is 0 Å². The summed E-state index contributed by atoms with van der Waals surface area (Å²) >= 11 is 0. The molecule has 3 aromatic rings. The zero-order chi connectivity index (χ0) is 23.2. The van der Waals surface area contributed by atoms with Crippen molar-refractivity contribution in [2.45, 2.75) is 77.0 Å². The lowest BCUT2D eigenvalue weighted by atomic mass is 9.76. The Kier molecular flexibility index (Phi) is 8.01. The number of fused-ring (bicyclic) bond motifs is 1. The lowest BCUT2D eigenvalue weighted by molar-refractivity contribution is 0.302. The quantitative estimate of drug-likeness (QED) is 0.295. The molecule has 1 fully saturated rings. The van der Waals surface area contributed by atoms with E-state index < -0.39 is 5.82 Å². The van der Waals surface area contributed by atoms with Gasteiger partial charge in [0.05, 0.1) is 7.11 Å². The largest absolute Gasteiger partial charge is 0.494 e. The molecule has 0 unspecified atom stereocenters. The van der Waals surface area contributed by atoms with Gasteiger partial charge in [0.25, 0.3) is 0 Å². The van der Waals surface area contributed by atoms with Gasteiger partial charge in [-0.25, -0.2) is 8.78 Å². The van der Waals surface area contributed by atoms with Gasteiger partial charge in [-0.1, -0.05) is 81.8 Å². The lowest BCUT2D eigenvalue weighted by Gasteiger charge is -2.29. The summed E-state index contributed by atoms with van der Waals surface area (Å²) in [5.74, 6) is 0.753. The topological polar surface area (TPSA) is 9.23 Å². The van der Waals surface area contributed by atoms with Crippen molar-refractivity contribution < 1.29 is 13.5 Å². The standard InChI is InChI=1S/C30H36F2O/c1-3-4-5-6-7-9-21-12-14-22(15-13-21)24-10-8-11-27-26(24)18-17-25(30(27)32)23-16-19-29(33-2)28(31)20-23/h8,10-11,16-22H,3-7,9,12-15H2,1-2H3/t21-,22-. The van der Waals surface area contributed by atoms with Gasteiger partial charge in [0.2, 0.25) is 0 Å². The molecular weight excluding hydrogens is 414 g/mol. The fourth-order valence-corrected chi connectivity index (χ4v) is 5.56. The molecule has 0 heterocycles. The molecule has 0 amide bonds. The van der Waals surface area contributed by atoms with Crippen LogP contribution in [-0.4, -0.2) is 7.11 Å². The average molecular weight is 451 g/mol. The van der Waals surface area contributed by atoms with Gasteiger partial charge in [-0.05, 0) is 66.2 Å². The van der Waals surface area contributed by atoms with E-state index in [1.54, 1.807) is 18.2 Å². The van der Waals surface area contributed by atoms with Crippen LogP contribution in [0.5, 0.6) is 5.75 Å². The normalized spacial score (nSPS) is 18.5. The van der Waals surface area contributed by atoms with Crippen LogP contribution >= 0.6 is 0 Å². The molecule has 0 aromatic heterocycles. The fourth-order valence-electron chi connectivity index (χ4n) is 5.56. The first-order valence-electron chi connectivity index (χ1n) is 12.7. The summed E-state index contributed by atoms with van der Waals surface area (Å²) in [4.78, 5) is 0. The first-order chi connectivity index (χ1) is 16.1. The van der Waals surface area contributed by atoms with E-state index >= 15 is 4.39 Å². The van der Waals surface area contributed by atoms with E-state index in [1.165, 1.54) is 82.9 Å². The van der Waals surface area contributed by atoms with E-state index in [-0.39, 0.29) is 11.6 Å². The second-order valence-electron chi connectivity index (χ2n) is 9.64. The summed E-state index contributed by atoms with van der Waals surface area (Å²) in [5.41, 5.74) is 2.21. The maximum atomic E-state index is 15.6. The van der Waals surface area contributed by atoms with Gasteiger partial charge < -0.3 is 4.74 Å². The minimum absolute atomic E-state index is 0.166. The second-order valence-corrected chi connectivity index (χ2v) is 9.64. The third-order valence-corrected chi connectivity index (χ3v) is 7.49. The van der Waals surface area contributed by atoms with Crippen molar-refractivity contribution in [2.75, 3.05) is 7.11 Å². The molecule has 33 heavy (non-hydrogen) atoms. The predicted octanol–water partition coefficient (Wildman–Crippen LogP) is 9.43. The summed E-state index contributed by atoms with van der Waals surface area (Å²) in [7, 11) is 1.43. The highest BCUT2D eigenvalue weighted by Crippen LogP contribution is 2.41. The third kappa shape index (κ3) is 5.39. The van der Waals surface area contributed by atoms with Crippen LogP contribution in [0.4, 0.5) is 8.78 Å². The SMILES string of the molecule is CCCCCCC[C@H]1CC[C@H](c2cccc3c(F)c(-c4ccc(OC)c(F)c4)ccc32)CC1. The number of hydrogen-bond donors (Lipinski definition) is 0. The predicted molar refractivity (Wildman–Crippen MR) is 134 cm³/mol. The Hall–Kier alpha value is -2.42. The van der Waals surface area contributed by atoms with E-state index in [2.05, 4.69) is 13.0 Å². The summed E-state index contributed by atoms with van der Waals surface area (Å²) in [5, 5.41) is 1.62. The second kappa shape index (κ2) is 11.1. The van der Waals surface area contributed by atoms with Gasteiger partial charge in [0.1, 0.15) is 5.82 Å². The highest BCUT2D eigenvalue weighted by atomic mass is 19.1. The van der Waals surface area contributed by atoms with Crippen LogP contribution in [0, 0.1) is 17.6 Å². The molecule has 0 saturated heterocycles. The van der Waals surface area contributed by atoms with Crippen LogP contribution in [0.25, 0.3) is 21.9 Å². The molecule has 0 bridgehead atoms. The van der Waals surface area contributed by atoms with E-state index in [0.717, 1.165) is 11.3 Å². The van der Waals surface area contributed by atoms with Crippen molar-refractivity contribution in [3.8, 4) is 16.9 Å². The van der Waals surface area contributed by atoms with Crippen molar-refractivity contribution >= 4 is 10.8 Å². The Balaban J connectivity index is 1.49. The number of rotatable bonds is 9. The maximum absolute atomic E-state index is 15.6. The van der Waals surface area contributed by atoms with Crippen molar-refractivity contribution in [2.24, 2.45) is 5.92 Å².